The Labute approximate surface area is 122 Å². The van der Waals surface area contributed by atoms with Gasteiger partial charge in [-0.1, -0.05) is 18.2 Å². The first-order chi connectivity index (χ1) is 9.08. The molecule has 0 bridgehead atoms. The van der Waals surface area contributed by atoms with Gasteiger partial charge in [-0.25, -0.2) is 4.79 Å². The maximum absolute atomic E-state index is 11.1. The van der Waals surface area contributed by atoms with E-state index in [1.165, 1.54) is 0 Å². The van der Waals surface area contributed by atoms with Crippen LogP contribution in [0.5, 0.6) is 0 Å². The van der Waals surface area contributed by atoms with Crippen LogP contribution in [0.4, 0.5) is 0 Å². The molecule has 1 amide bonds. The minimum Gasteiger partial charge on any atom is -1.00 e. The lowest BCUT2D eigenvalue weighted by Crippen LogP contribution is -3.00. The Kier molecular flexibility index (Phi) is 5.23. The Morgan fingerprint density at radius 2 is 1.85 bits per heavy atom. The van der Waals surface area contributed by atoms with Gasteiger partial charge in [-0.15, -0.1) is 0 Å². The van der Waals surface area contributed by atoms with Crippen LogP contribution in [-0.4, -0.2) is 17.0 Å². The van der Waals surface area contributed by atoms with Crippen molar-refractivity contribution in [2.24, 2.45) is 5.73 Å². The van der Waals surface area contributed by atoms with Crippen LogP contribution in [0.25, 0.3) is 0 Å². The van der Waals surface area contributed by atoms with E-state index in [1.807, 2.05) is 0 Å². The van der Waals surface area contributed by atoms with Crippen molar-refractivity contribution in [2.45, 2.75) is 6.54 Å². The number of aromatic nitrogens is 1. The van der Waals surface area contributed by atoms with Crippen molar-refractivity contribution in [3.05, 3.63) is 65.5 Å². The summed E-state index contributed by atoms with van der Waals surface area (Å²) in [4.78, 5) is 22.2. The minimum absolute atomic E-state index is 0. The smallest absolute Gasteiger partial charge is 0.336 e. The highest BCUT2D eigenvalue weighted by molar-refractivity contribution is 5.92. The van der Waals surface area contributed by atoms with E-state index in [9.17, 15) is 9.59 Å². The lowest BCUT2D eigenvalue weighted by molar-refractivity contribution is -0.688. The predicted molar refractivity (Wildman–Crippen MR) is 67.7 cm³/mol. The van der Waals surface area contributed by atoms with Gasteiger partial charge < -0.3 is 23.2 Å². The molecule has 3 N–H and O–H groups in total. The predicted octanol–water partition coefficient (Wildman–Crippen LogP) is -2.18. The molecule has 104 valence electrons. The number of pyridine rings is 1. The van der Waals surface area contributed by atoms with E-state index in [4.69, 9.17) is 10.8 Å². The zero-order valence-electron chi connectivity index (χ0n) is 10.5. The maximum atomic E-state index is 11.1. The maximum Gasteiger partial charge on any atom is 0.336 e. The lowest BCUT2D eigenvalue weighted by Gasteiger charge is -2.03. The third-order valence-electron chi connectivity index (χ3n) is 2.74. The summed E-state index contributed by atoms with van der Waals surface area (Å²) in [6.45, 7) is 0.365. The summed E-state index contributed by atoms with van der Waals surface area (Å²) >= 11 is 0. The van der Waals surface area contributed by atoms with Crippen molar-refractivity contribution in [3.8, 4) is 0 Å². The van der Waals surface area contributed by atoms with Crippen molar-refractivity contribution in [1.82, 2.24) is 0 Å². The average molecular weight is 293 g/mol. The van der Waals surface area contributed by atoms with Crippen LogP contribution in [0.1, 0.15) is 26.3 Å². The van der Waals surface area contributed by atoms with Crippen molar-refractivity contribution in [1.29, 1.82) is 0 Å². The van der Waals surface area contributed by atoms with Crippen LogP contribution in [0, 0.1) is 0 Å². The number of carbonyl (C=O) groups is 2. The van der Waals surface area contributed by atoms with Gasteiger partial charge in [0, 0.05) is 11.6 Å². The van der Waals surface area contributed by atoms with Crippen LogP contribution in [0.15, 0.2) is 48.8 Å². The molecule has 20 heavy (non-hydrogen) atoms. The highest BCUT2D eigenvalue weighted by Gasteiger charge is 2.14. The topological polar surface area (TPSA) is 84.3 Å². The molecule has 1 aromatic carbocycles. The monoisotopic (exact) mass is 292 g/mol. The van der Waals surface area contributed by atoms with E-state index < -0.39 is 11.9 Å². The van der Waals surface area contributed by atoms with E-state index >= 15 is 0 Å². The zero-order valence-corrected chi connectivity index (χ0v) is 11.2. The second kappa shape index (κ2) is 6.68. The molecular formula is C14H13ClN2O3. The van der Waals surface area contributed by atoms with Gasteiger partial charge in [0.1, 0.15) is 5.56 Å². The van der Waals surface area contributed by atoms with Crippen molar-refractivity contribution in [3.63, 3.8) is 0 Å². The molecule has 0 aliphatic heterocycles. The first kappa shape index (κ1) is 15.7. The summed E-state index contributed by atoms with van der Waals surface area (Å²) in [6.07, 6.45) is 3.35. The summed E-state index contributed by atoms with van der Waals surface area (Å²) in [5.41, 5.74) is 6.51. The van der Waals surface area contributed by atoms with Gasteiger partial charge in [-0.2, -0.15) is 4.57 Å². The third kappa shape index (κ3) is 3.55. The average Bonchev–Trinajstić information content (AvgIpc) is 2.39. The number of benzene rings is 1. The third-order valence-corrected chi connectivity index (χ3v) is 2.74. The number of carbonyl (C=O) groups excluding carboxylic acids is 1. The second-order valence-electron chi connectivity index (χ2n) is 4.09. The van der Waals surface area contributed by atoms with Crippen LogP contribution < -0.4 is 22.7 Å². The summed E-state index contributed by atoms with van der Waals surface area (Å²) < 4.78 is 1.72. The molecule has 0 spiro atoms. The lowest BCUT2D eigenvalue weighted by atomic mass is 10.1. The van der Waals surface area contributed by atoms with Gasteiger partial charge in [0.2, 0.25) is 0 Å². The molecule has 0 aliphatic carbocycles. The molecule has 1 aromatic heterocycles. The number of hydrogen-bond donors (Lipinski definition) is 2. The largest absolute Gasteiger partial charge is 1.00 e. The van der Waals surface area contributed by atoms with E-state index in [1.54, 1.807) is 53.4 Å². The molecule has 0 saturated carbocycles. The number of halogens is 1. The Hall–Kier alpha value is -2.40. The number of nitrogens with two attached hydrogens (primary N) is 1. The molecule has 6 heteroatoms. The van der Waals surface area contributed by atoms with E-state index in [0.717, 1.165) is 0 Å². The van der Waals surface area contributed by atoms with E-state index in [-0.39, 0.29) is 18.0 Å². The van der Waals surface area contributed by atoms with E-state index in [0.29, 0.717) is 17.7 Å². The summed E-state index contributed by atoms with van der Waals surface area (Å²) in [7, 11) is 0. The van der Waals surface area contributed by atoms with Crippen molar-refractivity contribution in [2.75, 3.05) is 0 Å². The molecular weight excluding hydrogens is 280 g/mol. The Bertz CT molecular complexity index is 644. The van der Waals surface area contributed by atoms with Crippen LogP contribution in [0.2, 0.25) is 0 Å². The SMILES string of the molecule is NC(=O)c1ccc[n+](Cc2ccccc2C(=O)O)c1.[Cl-]. The number of rotatable bonds is 4. The quantitative estimate of drug-likeness (QED) is 0.629. The molecule has 0 unspecified atom stereocenters. The van der Waals surface area contributed by atoms with Crippen molar-refractivity contribution < 1.29 is 31.7 Å². The van der Waals surface area contributed by atoms with Crippen LogP contribution >= 0.6 is 0 Å². The summed E-state index contributed by atoms with van der Waals surface area (Å²) in [5.74, 6) is -1.48. The molecule has 0 radical (unpaired) electrons. The van der Waals surface area contributed by atoms with Gasteiger partial charge in [0.15, 0.2) is 18.9 Å². The number of primary amides is 1. The summed E-state index contributed by atoms with van der Waals surface area (Å²) in [6, 6.07) is 10.1. The molecule has 0 fully saturated rings. The zero-order chi connectivity index (χ0) is 13.8. The number of aromatic carboxylic acids is 1. The Morgan fingerprint density at radius 1 is 1.15 bits per heavy atom. The minimum atomic E-state index is -0.970. The molecule has 0 aliphatic rings. The fourth-order valence-corrected chi connectivity index (χ4v) is 1.83. The number of nitrogens with zero attached hydrogens (tertiary/aromatic N) is 1. The number of hydrogen-bond acceptors (Lipinski definition) is 2. The van der Waals surface area contributed by atoms with Crippen molar-refractivity contribution >= 4 is 11.9 Å². The van der Waals surface area contributed by atoms with Gasteiger partial charge in [-0.05, 0) is 12.1 Å². The Morgan fingerprint density at radius 3 is 2.50 bits per heavy atom. The molecule has 0 saturated heterocycles. The molecule has 1 heterocycles. The highest BCUT2D eigenvalue weighted by atomic mass is 35.5. The normalized spacial score (nSPS) is 9.60. The highest BCUT2D eigenvalue weighted by Crippen LogP contribution is 2.08. The molecule has 5 nitrogen and oxygen atoms in total. The van der Waals surface area contributed by atoms with Gasteiger partial charge in [0.25, 0.3) is 5.91 Å². The molecule has 0 atom stereocenters. The Balaban J connectivity index is 0.00000200. The van der Waals surface area contributed by atoms with E-state index in [2.05, 4.69) is 0 Å². The van der Waals surface area contributed by atoms with Gasteiger partial charge in [-0.3, -0.25) is 4.79 Å². The fraction of sp³-hybridized carbons (Fsp3) is 0.0714. The number of amides is 1. The second-order valence-corrected chi connectivity index (χ2v) is 4.09. The first-order valence-corrected chi connectivity index (χ1v) is 5.68. The van der Waals surface area contributed by atoms with Gasteiger partial charge in [0.05, 0.1) is 5.56 Å². The standard InChI is InChI=1S/C14H12N2O3.ClH/c15-13(17)11-5-3-7-16(9-11)8-10-4-1-2-6-12(10)14(18)19;/h1-7,9H,8H2,(H2-,15,17,18,19);1H. The number of carboxylic acids is 1. The van der Waals surface area contributed by atoms with Crippen LogP contribution in [-0.2, 0) is 6.54 Å². The molecule has 2 rings (SSSR count). The van der Waals surface area contributed by atoms with Gasteiger partial charge >= 0.3 is 5.97 Å². The fourth-order valence-electron chi connectivity index (χ4n) is 1.83. The first-order valence-electron chi connectivity index (χ1n) is 5.68. The number of carboxylic acid groups (broad SMARTS) is 1. The van der Waals surface area contributed by atoms with Crippen LogP contribution in [0.3, 0.4) is 0 Å². The summed E-state index contributed by atoms with van der Waals surface area (Å²) in [5, 5.41) is 9.10. The molecule has 2 aromatic rings.